The first-order chi connectivity index (χ1) is 14.3. The molecule has 0 spiro atoms. The summed E-state index contributed by atoms with van der Waals surface area (Å²) in [5.41, 5.74) is 1.47. The number of hydrogen-bond acceptors (Lipinski definition) is 5. The summed E-state index contributed by atoms with van der Waals surface area (Å²) < 4.78 is 10.3. The summed E-state index contributed by atoms with van der Waals surface area (Å²) >= 11 is 0. The fourth-order valence-electron chi connectivity index (χ4n) is 2.53. The average molecular weight is 413 g/mol. The first-order valence-corrected chi connectivity index (χ1v) is 9.55. The highest BCUT2D eigenvalue weighted by atomic mass is 16.5. The van der Waals surface area contributed by atoms with Crippen molar-refractivity contribution in [1.29, 1.82) is 0 Å². The Morgan fingerprint density at radius 2 is 1.50 bits per heavy atom. The molecule has 2 aromatic carbocycles. The molecule has 0 aliphatic carbocycles. The van der Waals surface area contributed by atoms with E-state index in [9.17, 15) is 14.4 Å². The van der Waals surface area contributed by atoms with E-state index >= 15 is 0 Å². The molecule has 8 nitrogen and oxygen atoms in total. The lowest BCUT2D eigenvalue weighted by Crippen LogP contribution is -2.34. The van der Waals surface area contributed by atoms with Gasteiger partial charge >= 0.3 is 0 Å². The highest BCUT2D eigenvalue weighted by Gasteiger charge is 2.13. The zero-order valence-corrected chi connectivity index (χ0v) is 17.6. The zero-order valence-electron chi connectivity index (χ0n) is 17.6. The lowest BCUT2D eigenvalue weighted by atomic mass is 10.1. The van der Waals surface area contributed by atoms with Gasteiger partial charge in [-0.2, -0.15) is 0 Å². The minimum Gasteiger partial charge on any atom is -0.497 e. The number of ether oxygens (including phenoxy) is 2. The summed E-state index contributed by atoms with van der Waals surface area (Å²) in [5, 5.41) is 8.24. The van der Waals surface area contributed by atoms with Crippen molar-refractivity contribution in [2.24, 2.45) is 5.92 Å². The lowest BCUT2D eigenvalue weighted by molar-refractivity contribution is -0.118. The molecule has 8 heteroatoms. The second kappa shape index (κ2) is 10.8. The largest absolute Gasteiger partial charge is 0.497 e. The Labute approximate surface area is 175 Å². The Morgan fingerprint density at radius 3 is 2.07 bits per heavy atom. The number of hydrogen-bond donors (Lipinski definition) is 3. The van der Waals surface area contributed by atoms with Crippen LogP contribution in [0.5, 0.6) is 11.5 Å². The molecule has 0 bridgehead atoms. The number of methoxy groups -OCH3 is 2. The van der Waals surface area contributed by atoms with E-state index in [1.54, 1.807) is 56.3 Å². The Morgan fingerprint density at radius 1 is 0.867 bits per heavy atom. The molecule has 3 N–H and O–H groups in total. The highest BCUT2D eigenvalue weighted by molar-refractivity contribution is 5.97. The van der Waals surface area contributed by atoms with Gasteiger partial charge in [-0.05, 0) is 36.4 Å². The van der Waals surface area contributed by atoms with Crippen LogP contribution in [0.25, 0.3) is 0 Å². The van der Waals surface area contributed by atoms with Crippen LogP contribution in [0.2, 0.25) is 0 Å². The van der Waals surface area contributed by atoms with E-state index < -0.39 is 0 Å². The van der Waals surface area contributed by atoms with Crippen LogP contribution in [0.15, 0.2) is 42.5 Å². The summed E-state index contributed by atoms with van der Waals surface area (Å²) in [6.07, 6.45) is 0. The summed E-state index contributed by atoms with van der Waals surface area (Å²) in [6.45, 7) is 4.12. The third kappa shape index (κ3) is 6.23. The van der Waals surface area contributed by atoms with Crippen molar-refractivity contribution in [3.8, 4) is 11.5 Å². The van der Waals surface area contributed by atoms with E-state index in [4.69, 9.17) is 9.47 Å². The van der Waals surface area contributed by atoms with E-state index in [1.807, 2.05) is 0 Å². The third-order valence-corrected chi connectivity index (χ3v) is 4.29. The van der Waals surface area contributed by atoms with Crippen molar-refractivity contribution < 1.29 is 23.9 Å². The van der Waals surface area contributed by atoms with Gasteiger partial charge in [0.1, 0.15) is 11.5 Å². The summed E-state index contributed by atoms with van der Waals surface area (Å²) in [5.74, 6) is 0.200. The number of carbonyl (C=O) groups is 3. The second-order valence-corrected chi connectivity index (χ2v) is 6.80. The van der Waals surface area contributed by atoms with Crippen LogP contribution >= 0.6 is 0 Å². The van der Waals surface area contributed by atoms with Crippen LogP contribution in [0.1, 0.15) is 34.6 Å². The van der Waals surface area contributed by atoms with Gasteiger partial charge in [0.25, 0.3) is 11.8 Å². The van der Waals surface area contributed by atoms with Crippen LogP contribution in [0, 0.1) is 5.92 Å². The fraction of sp³-hybridized carbons (Fsp3) is 0.318. The number of anilines is 1. The molecule has 0 aliphatic heterocycles. The van der Waals surface area contributed by atoms with Gasteiger partial charge in [-0.1, -0.05) is 13.8 Å². The van der Waals surface area contributed by atoms with Gasteiger partial charge in [-0.3, -0.25) is 14.4 Å². The number of rotatable bonds is 9. The second-order valence-electron chi connectivity index (χ2n) is 6.80. The molecule has 0 aliphatic rings. The minimum atomic E-state index is -0.311. The molecule has 2 rings (SSSR count). The van der Waals surface area contributed by atoms with E-state index in [2.05, 4.69) is 16.0 Å². The minimum absolute atomic E-state index is 0.0866. The molecule has 0 unspecified atom stereocenters. The first-order valence-electron chi connectivity index (χ1n) is 9.55. The normalized spacial score (nSPS) is 10.3. The number of carbonyl (C=O) groups excluding carboxylic acids is 3. The van der Waals surface area contributed by atoms with Crippen LogP contribution in [-0.2, 0) is 4.79 Å². The Hall–Kier alpha value is -3.55. The molecular weight excluding hydrogens is 386 g/mol. The highest BCUT2D eigenvalue weighted by Crippen LogP contribution is 2.24. The maximum absolute atomic E-state index is 12.3. The lowest BCUT2D eigenvalue weighted by Gasteiger charge is -2.11. The van der Waals surface area contributed by atoms with E-state index in [0.29, 0.717) is 28.3 Å². The Bertz CT molecular complexity index is 894. The standard InChI is InChI=1S/C22H27N3O5/c1-14(2)20(26)25-16-7-5-15(6-8-16)21(27)23-11-12-24-22(28)18-10-9-17(29-3)13-19(18)30-4/h5-10,13-14H,11-12H2,1-4H3,(H,23,27)(H,24,28)(H,25,26). The predicted molar refractivity (Wildman–Crippen MR) is 114 cm³/mol. The Balaban J connectivity index is 1.82. The zero-order chi connectivity index (χ0) is 22.1. The molecule has 0 saturated heterocycles. The van der Waals surface area contributed by atoms with Crippen molar-refractivity contribution in [1.82, 2.24) is 10.6 Å². The summed E-state index contributed by atoms with van der Waals surface area (Å²) in [4.78, 5) is 36.3. The van der Waals surface area contributed by atoms with Crippen molar-refractivity contribution in [2.45, 2.75) is 13.8 Å². The molecule has 0 heterocycles. The molecule has 0 fully saturated rings. The maximum Gasteiger partial charge on any atom is 0.255 e. The number of benzene rings is 2. The molecule has 30 heavy (non-hydrogen) atoms. The molecule has 2 aromatic rings. The van der Waals surface area contributed by atoms with Crippen molar-refractivity contribution >= 4 is 23.4 Å². The van der Waals surface area contributed by atoms with E-state index in [0.717, 1.165) is 0 Å². The van der Waals surface area contributed by atoms with Crippen molar-refractivity contribution in [3.05, 3.63) is 53.6 Å². The monoisotopic (exact) mass is 413 g/mol. The van der Waals surface area contributed by atoms with Crippen molar-refractivity contribution in [2.75, 3.05) is 32.6 Å². The molecule has 0 saturated carbocycles. The smallest absolute Gasteiger partial charge is 0.255 e. The molecule has 160 valence electrons. The molecule has 0 radical (unpaired) electrons. The first kappa shape index (κ1) is 22.7. The third-order valence-electron chi connectivity index (χ3n) is 4.29. The van der Waals surface area contributed by atoms with Gasteiger partial charge in [-0.25, -0.2) is 0 Å². The van der Waals surface area contributed by atoms with E-state index in [-0.39, 0.29) is 36.7 Å². The van der Waals surface area contributed by atoms with Gasteiger partial charge < -0.3 is 25.4 Å². The number of amides is 3. The summed E-state index contributed by atoms with van der Waals surface area (Å²) in [6, 6.07) is 11.5. The van der Waals surface area contributed by atoms with Gasteiger partial charge in [0.2, 0.25) is 5.91 Å². The molecule has 0 aromatic heterocycles. The van der Waals surface area contributed by atoms with Crippen molar-refractivity contribution in [3.63, 3.8) is 0 Å². The van der Waals surface area contributed by atoms with Gasteiger partial charge in [0.05, 0.1) is 19.8 Å². The molecule has 0 atom stereocenters. The maximum atomic E-state index is 12.3. The van der Waals surface area contributed by atoms with Crippen LogP contribution < -0.4 is 25.4 Å². The average Bonchev–Trinajstić information content (AvgIpc) is 2.76. The topological polar surface area (TPSA) is 106 Å². The molecular formula is C22H27N3O5. The summed E-state index contributed by atoms with van der Waals surface area (Å²) in [7, 11) is 3.01. The Kier molecular flexibility index (Phi) is 8.22. The molecule has 3 amide bonds. The SMILES string of the molecule is COc1ccc(C(=O)NCCNC(=O)c2ccc(NC(=O)C(C)C)cc2)c(OC)c1. The predicted octanol–water partition coefficient (Wildman–Crippen LogP) is 2.46. The fourth-order valence-corrected chi connectivity index (χ4v) is 2.53. The van der Waals surface area contributed by atoms with Gasteiger partial charge in [0.15, 0.2) is 0 Å². The van der Waals surface area contributed by atoms with Gasteiger partial charge in [-0.15, -0.1) is 0 Å². The quantitative estimate of drug-likeness (QED) is 0.548. The van der Waals surface area contributed by atoms with Crippen LogP contribution in [0.3, 0.4) is 0 Å². The van der Waals surface area contributed by atoms with E-state index in [1.165, 1.54) is 14.2 Å². The van der Waals surface area contributed by atoms with Gasteiger partial charge in [0, 0.05) is 36.3 Å². The number of nitrogens with one attached hydrogen (secondary N) is 3. The van der Waals surface area contributed by atoms with Crippen LogP contribution in [-0.4, -0.2) is 45.0 Å². The van der Waals surface area contributed by atoms with Crippen LogP contribution in [0.4, 0.5) is 5.69 Å².